The number of fused-ring (bicyclic) bond motifs is 2. The first-order valence-electron chi connectivity index (χ1n) is 13.3. The lowest BCUT2D eigenvalue weighted by Gasteiger charge is -2.38. The van der Waals surface area contributed by atoms with Crippen LogP contribution in [-0.4, -0.2) is 75.6 Å². The van der Waals surface area contributed by atoms with Gasteiger partial charge in [0.2, 0.25) is 0 Å². The van der Waals surface area contributed by atoms with E-state index < -0.39 is 0 Å². The van der Waals surface area contributed by atoms with Crippen LogP contribution in [0.25, 0.3) is 10.2 Å². The molecular formula is C30H33N5O4S. The second-order valence-corrected chi connectivity index (χ2v) is 11.3. The topological polar surface area (TPSA) is 108 Å². The quantitative estimate of drug-likeness (QED) is 0.332. The van der Waals surface area contributed by atoms with Crippen molar-refractivity contribution in [3.63, 3.8) is 0 Å². The number of thiazole rings is 1. The molecule has 0 fully saturated rings. The summed E-state index contributed by atoms with van der Waals surface area (Å²) in [5, 5.41) is 13.2. The lowest BCUT2D eigenvalue weighted by molar-refractivity contribution is 0.0343. The number of hydrogen-bond donors (Lipinski definition) is 2. The van der Waals surface area contributed by atoms with Crippen LogP contribution in [0, 0.1) is 5.92 Å². The number of nitrogens with zero attached hydrogens (tertiary/aromatic N) is 4. The smallest absolute Gasteiger partial charge is 0.284 e. The highest BCUT2D eigenvalue weighted by Gasteiger charge is 2.34. The van der Waals surface area contributed by atoms with Crippen LogP contribution in [0.1, 0.15) is 39.6 Å². The standard InChI is InChI=1S/C30H33N5O4S/c1-19-15-35(20(2)18-36)30(38)22-7-6-9-24(32-28(37)29-33-23-8-4-5-10-26(23)40-29)27(22)39-25(19)17-34(3)16-21-11-13-31-14-12-21/h4-14,19-20,25,36H,15-18H2,1-3H3,(H,32,37)/t19-,20+,25?/m0/s1. The number of benzene rings is 2. The molecule has 0 bridgehead atoms. The number of rotatable bonds is 8. The Morgan fingerprint density at radius 1 is 1.20 bits per heavy atom. The Kier molecular flexibility index (Phi) is 8.39. The van der Waals surface area contributed by atoms with Crippen LogP contribution < -0.4 is 10.1 Å². The van der Waals surface area contributed by atoms with E-state index in [1.807, 2.05) is 57.3 Å². The number of pyridine rings is 1. The minimum atomic E-state index is -0.378. The highest BCUT2D eigenvalue weighted by molar-refractivity contribution is 7.20. The molecule has 0 aliphatic carbocycles. The Morgan fingerprint density at radius 3 is 2.73 bits per heavy atom. The predicted molar refractivity (Wildman–Crippen MR) is 156 cm³/mol. The van der Waals surface area contributed by atoms with E-state index in [0.29, 0.717) is 41.6 Å². The zero-order valence-electron chi connectivity index (χ0n) is 22.8. The monoisotopic (exact) mass is 559 g/mol. The highest BCUT2D eigenvalue weighted by Crippen LogP contribution is 2.35. The first-order chi connectivity index (χ1) is 19.3. The molecule has 2 aromatic carbocycles. The Labute approximate surface area is 237 Å². The molecule has 2 N–H and O–H groups in total. The number of ether oxygens (including phenoxy) is 1. The van der Waals surface area contributed by atoms with Crippen LogP contribution in [-0.2, 0) is 6.54 Å². The minimum Gasteiger partial charge on any atom is -0.486 e. The Morgan fingerprint density at radius 2 is 1.98 bits per heavy atom. The lowest BCUT2D eigenvalue weighted by atomic mass is 9.99. The van der Waals surface area contributed by atoms with Gasteiger partial charge >= 0.3 is 0 Å². The maximum absolute atomic E-state index is 13.7. The van der Waals surface area contributed by atoms with Gasteiger partial charge in [0, 0.05) is 37.9 Å². The van der Waals surface area contributed by atoms with Crippen LogP contribution in [0.15, 0.2) is 67.0 Å². The molecule has 208 valence electrons. The summed E-state index contributed by atoms with van der Waals surface area (Å²) in [7, 11) is 2.02. The molecule has 10 heteroatoms. The molecule has 2 aromatic heterocycles. The Bertz CT molecular complexity index is 1460. The second kappa shape index (κ2) is 12.1. The van der Waals surface area contributed by atoms with Gasteiger partial charge in [0.25, 0.3) is 11.8 Å². The molecule has 0 saturated heterocycles. The third kappa shape index (κ3) is 5.99. The molecule has 1 aliphatic rings. The highest BCUT2D eigenvalue weighted by atomic mass is 32.1. The van der Waals surface area contributed by atoms with E-state index in [-0.39, 0.29) is 36.5 Å². The largest absolute Gasteiger partial charge is 0.486 e. The van der Waals surface area contributed by atoms with Crippen molar-refractivity contribution in [3.8, 4) is 5.75 Å². The van der Waals surface area contributed by atoms with Gasteiger partial charge in [-0.1, -0.05) is 25.1 Å². The van der Waals surface area contributed by atoms with E-state index in [0.717, 1.165) is 15.8 Å². The number of aromatic nitrogens is 2. The number of aliphatic hydroxyl groups excluding tert-OH is 1. The molecule has 0 spiro atoms. The van der Waals surface area contributed by atoms with Crippen molar-refractivity contribution in [2.24, 2.45) is 5.92 Å². The van der Waals surface area contributed by atoms with Gasteiger partial charge in [0.05, 0.1) is 34.1 Å². The summed E-state index contributed by atoms with van der Waals surface area (Å²) in [5.74, 6) is -0.347. The van der Waals surface area contributed by atoms with Gasteiger partial charge in [-0.25, -0.2) is 4.98 Å². The molecule has 3 heterocycles. The molecule has 3 atom stereocenters. The van der Waals surface area contributed by atoms with E-state index in [1.54, 1.807) is 35.5 Å². The van der Waals surface area contributed by atoms with Gasteiger partial charge in [-0.3, -0.25) is 19.5 Å². The summed E-state index contributed by atoms with van der Waals surface area (Å²) in [4.78, 5) is 39.5. The van der Waals surface area contributed by atoms with E-state index in [9.17, 15) is 14.7 Å². The Hall–Kier alpha value is -3.86. The van der Waals surface area contributed by atoms with E-state index in [1.165, 1.54) is 11.3 Å². The molecular weight excluding hydrogens is 526 g/mol. The average Bonchev–Trinajstić information content (AvgIpc) is 3.40. The fourth-order valence-corrected chi connectivity index (χ4v) is 5.74. The summed E-state index contributed by atoms with van der Waals surface area (Å²) in [6.45, 7) is 5.43. The number of aliphatic hydroxyl groups is 1. The molecule has 2 amide bonds. The maximum atomic E-state index is 13.7. The number of carbonyl (C=O) groups excluding carboxylic acids is 2. The van der Waals surface area contributed by atoms with Gasteiger partial charge in [-0.2, -0.15) is 0 Å². The summed E-state index contributed by atoms with van der Waals surface area (Å²) < 4.78 is 7.54. The van der Waals surface area contributed by atoms with Crippen LogP contribution in [0.4, 0.5) is 5.69 Å². The van der Waals surface area contributed by atoms with Crippen molar-refractivity contribution in [2.45, 2.75) is 32.5 Å². The Balaban J connectivity index is 1.47. The average molecular weight is 560 g/mol. The maximum Gasteiger partial charge on any atom is 0.284 e. The summed E-state index contributed by atoms with van der Waals surface area (Å²) in [5.41, 5.74) is 2.64. The molecule has 1 unspecified atom stereocenters. The molecule has 1 aliphatic heterocycles. The van der Waals surface area contributed by atoms with Crippen molar-refractivity contribution < 1.29 is 19.4 Å². The second-order valence-electron chi connectivity index (χ2n) is 10.3. The number of carbonyl (C=O) groups is 2. The SMILES string of the molecule is C[C@H](CO)N1C[C@H](C)C(CN(C)Cc2ccncc2)Oc2c(NC(=O)c3nc4ccccc4s3)cccc2C1=O. The normalized spacial score (nSPS) is 18.1. The fourth-order valence-electron chi connectivity index (χ4n) is 4.88. The number of nitrogens with one attached hydrogen (secondary N) is 1. The molecule has 4 aromatic rings. The number of hydrogen-bond acceptors (Lipinski definition) is 8. The number of amides is 2. The van der Waals surface area contributed by atoms with E-state index in [4.69, 9.17) is 4.74 Å². The van der Waals surface area contributed by atoms with Crippen molar-refractivity contribution in [3.05, 3.63) is 83.1 Å². The van der Waals surface area contributed by atoms with Gasteiger partial charge in [-0.15, -0.1) is 11.3 Å². The molecule has 0 radical (unpaired) electrons. The first-order valence-corrected chi connectivity index (χ1v) is 14.1. The zero-order valence-corrected chi connectivity index (χ0v) is 23.6. The lowest BCUT2D eigenvalue weighted by Crippen LogP contribution is -2.49. The fraction of sp³-hybridized carbons (Fsp3) is 0.333. The summed E-state index contributed by atoms with van der Waals surface area (Å²) >= 11 is 1.31. The minimum absolute atomic E-state index is 0.0565. The molecule has 5 rings (SSSR count). The third-order valence-electron chi connectivity index (χ3n) is 7.12. The van der Waals surface area contributed by atoms with Crippen LogP contribution in [0.3, 0.4) is 0 Å². The van der Waals surface area contributed by atoms with E-state index in [2.05, 4.69) is 20.2 Å². The van der Waals surface area contributed by atoms with Gasteiger partial charge in [0.1, 0.15) is 6.10 Å². The number of likely N-dealkylation sites (N-methyl/N-ethyl adjacent to an activating group) is 1. The molecule has 0 saturated carbocycles. The molecule has 40 heavy (non-hydrogen) atoms. The van der Waals surface area contributed by atoms with Gasteiger partial charge in [0.15, 0.2) is 10.8 Å². The van der Waals surface area contributed by atoms with Crippen LogP contribution in [0.5, 0.6) is 5.75 Å². The predicted octanol–water partition coefficient (Wildman–Crippen LogP) is 4.30. The third-order valence-corrected chi connectivity index (χ3v) is 8.16. The van der Waals surface area contributed by atoms with E-state index >= 15 is 0 Å². The van der Waals surface area contributed by atoms with Gasteiger partial charge in [-0.05, 0) is 55.9 Å². The number of para-hydroxylation sites is 2. The zero-order chi connectivity index (χ0) is 28.2. The van der Waals surface area contributed by atoms with Crippen molar-refractivity contribution in [1.29, 1.82) is 0 Å². The summed E-state index contributed by atoms with van der Waals surface area (Å²) in [6.07, 6.45) is 3.25. The van der Waals surface area contributed by atoms with Crippen molar-refractivity contribution >= 4 is 39.1 Å². The van der Waals surface area contributed by atoms with Gasteiger partial charge < -0.3 is 20.1 Å². The number of anilines is 1. The molecule has 9 nitrogen and oxygen atoms in total. The first kappa shape index (κ1) is 27.7. The van der Waals surface area contributed by atoms with Crippen molar-refractivity contribution in [1.82, 2.24) is 19.8 Å². The van der Waals surface area contributed by atoms with Crippen LogP contribution >= 0.6 is 11.3 Å². The van der Waals surface area contributed by atoms with Crippen LogP contribution in [0.2, 0.25) is 0 Å². The summed E-state index contributed by atoms with van der Waals surface area (Å²) in [6, 6.07) is 16.3. The van der Waals surface area contributed by atoms with Crippen molar-refractivity contribution in [2.75, 3.05) is 32.1 Å².